The Morgan fingerprint density at radius 1 is 1.19 bits per heavy atom. The molecule has 2 N–H and O–H groups in total. The van der Waals surface area contributed by atoms with Crippen LogP contribution in [0.5, 0.6) is 0 Å². The monoisotopic (exact) mass is 221 g/mol. The summed E-state index contributed by atoms with van der Waals surface area (Å²) in [6.45, 7) is 7.05. The zero-order valence-corrected chi connectivity index (χ0v) is 10.5. The highest BCUT2D eigenvalue weighted by atomic mass is 16.3. The van der Waals surface area contributed by atoms with Crippen LogP contribution in [0.2, 0.25) is 0 Å². The van der Waals surface area contributed by atoms with E-state index in [-0.39, 0.29) is 6.10 Å². The summed E-state index contributed by atoms with van der Waals surface area (Å²) in [4.78, 5) is 0. The fourth-order valence-corrected chi connectivity index (χ4v) is 1.69. The van der Waals surface area contributed by atoms with Crippen molar-refractivity contribution in [1.82, 2.24) is 5.32 Å². The second kappa shape index (κ2) is 6.66. The second-order valence-corrected chi connectivity index (χ2v) is 4.46. The topological polar surface area (TPSA) is 32.3 Å². The molecule has 1 rings (SSSR count). The van der Waals surface area contributed by atoms with Gasteiger partial charge < -0.3 is 10.4 Å². The van der Waals surface area contributed by atoms with E-state index in [1.165, 1.54) is 5.56 Å². The van der Waals surface area contributed by atoms with Crippen molar-refractivity contribution in [2.24, 2.45) is 0 Å². The number of hydrogen-bond donors (Lipinski definition) is 2. The quantitative estimate of drug-likeness (QED) is 0.773. The maximum Gasteiger partial charge on any atom is 0.0662 e. The van der Waals surface area contributed by atoms with Crippen molar-refractivity contribution in [3.63, 3.8) is 0 Å². The average molecular weight is 221 g/mol. The van der Waals surface area contributed by atoms with E-state index in [2.05, 4.69) is 43.4 Å². The third-order valence-electron chi connectivity index (χ3n) is 3.22. The molecule has 16 heavy (non-hydrogen) atoms. The van der Waals surface area contributed by atoms with Gasteiger partial charge in [-0.25, -0.2) is 0 Å². The first-order valence-electron chi connectivity index (χ1n) is 6.11. The van der Waals surface area contributed by atoms with Crippen LogP contribution >= 0.6 is 0 Å². The van der Waals surface area contributed by atoms with E-state index in [4.69, 9.17) is 0 Å². The normalized spacial score (nSPS) is 16.8. The molecule has 0 aromatic heterocycles. The van der Waals surface area contributed by atoms with Crippen molar-refractivity contribution in [2.45, 2.75) is 45.3 Å². The Hall–Kier alpha value is -0.860. The molecule has 0 aliphatic rings. The molecule has 0 bridgehead atoms. The van der Waals surface area contributed by atoms with Crippen molar-refractivity contribution >= 4 is 0 Å². The first kappa shape index (κ1) is 13.2. The molecule has 0 amide bonds. The molecule has 2 heteroatoms. The molecule has 3 atom stereocenters. The molecule has 1 aromatic rings. The van der Waals surface area contributed by atoms with Crippen molar-refractivity contribution < 1.29 is 5.11 Å². The Labute approximate surface area is 98.7 Å². The Morgan fingerprint density at radius 2 is 1.81 bits per heavy atom. The van der Waals surface area contributed by atoms with E-state index >= 15 is 0 Å². The minimum atomic E-state index is -0.231. The van der Waals surface area contributed by atoms with E-state index in [9.17, 15) is 5.11 Å². The first-order chi connectivity index (χ1) is 7.65. The molecule has 0 spiro atoms. The third kappa shape index (κ3) is 3.95. The summed E-state index contributed by atoms with van der Waals surface area (Å²) in [6, 6.07) is 10.9. The SMILES string of the molecule is CC[C@@H](O)CNC(C)C(C)c1ccccc1. The number of rotatable bonds is 6. The van der Waals surface area contributed by atoms with Gasteiger partial charge in [0.25, 0.3) is 0 Å². The molecule has 1 aromatic carbocycles. The fourth-order valence-electron chi connectivity index (χ4n) is 1.69. The minimum Gasteiger partial charge on any atom is -0.392 e. The molecule has 0 aliphatic carbocycles. The lowest BCUT2D eigenvalue weighted by molar-refractivity contribution is 0.162. The Bertz CT molecular complexity index is 286. The molecule has 0 heterocycles. The van der Waals surface area contributed by atoms with Gasteiger partial charge in [0, 0.05) is 12.6 Å². The average Bonchev–Trinajstić information content (AvgIpc) is 2.35. The van der Waals surface area contributed by atoms with Gasteiger partial charge in [-0.3, -0.25) is 0 Å². The van der Waals surface area contributed by atoms with Gasteiger partial charge in [-0.1, -0.05) is 44.2 Å². The van der Waals surface area contributed by atoms with Gasteiger partial charge in [0.1, 0.15) is 0 Å². The summed E-state index contributed by atoms with van der Waals surface area (Å²) in [6.07, 6.45) is 0.574. The van der Waals surface area contributed by atoms with Crippen LogP contribution in [0.25, 0.3) is 0 Å². The highest BCUT2D eigenvalue weighted by Crippen LogP contribution is 2.18. The van der Waals surface area contributed by atoms with Crippen LogP contribution in [-0.2, 0) is 0 Å². The molecule has 2 nitrogen and oxygen atoms in total. The van der Waals surface area contributed by atoms with Gasteiger partial charge in [0.15, 0.2) is 0 Å². The predicted molar refractivity (Wildman–Crippen MR) is 68.6 cm³/mol. The Morgan fingerprint density at radius 3 is 2.38 bits per heavy atom. The Balaban J connectivity index is 2.45. The first-order valence-corrected chi connectivity index (χ1v) is 6.11. The van der Waals surface area contributed by atoms with Crippen LogP contribution in [0.1, 0.15) is 38.7 Å². The van der Waals surface area contributed by atoms with E-state index in [0.717, 1.165) is 6.42 Å². The predicted octanol–water partition coefficient (Wildman–Crippen LogP) is 2.54. The maximum atomic E-state index is 9.50. The highest BCUT2D eigenvalue weighted by molar-refractivity contribution is 5.20. The third-order valence-corrected chi connectivity index (χ3v) is 3.22. The number of nitrogens with one attached hydrogen (secondary N) is 1. The molecular formula is C14H23NO. The summed E-state index contributed by atoms with van der Waals surface area (Å²) in [5.41, 5.74) is 1.34. The summed E-state index contributed by atoms with van der Waals surface area (Å²) in [5.74, 6) is 0.463. The van der Waals surface area contributed by atoms with E-state index in [1.807, 2.05) is 13.0 Å². The van der Waals surface area contributed by atoms with Gasteiger partial charge in [-0.2, -0.15) is 0 Å². The molecule has 0 fully saturated rings. The van der Waals surface area contributed by atoms with Crippen LogP contribution in [0, 0.1) is 0 Å². The molecule has 0 saturated carbocycles. The lowest BCUT2D eigenvalue weighted by atomic mass is 9.94. The number of hydrogen-bond acceptors (Lipinski definition) is 2. The zero-order chi connectivity index (χ0) is 12.0. The largest absolute Gasteiger partial charge is 0.392 e. The smallest absolute Gasteiger partial charge is 0.0662 e. The van der Waals surface area contributed by atoms with Gasteiger partial charge in [0.2, 0.25) is 0 Å². The maximum absolute atomic E-state index is 9.50. The van der Waals surface area contributed by atoms with Crippen LogP contribution in [0.3, 0.4) is 0 Å². The van der Waals surface area contributed by atoms with Gasteiger partial charge >= 0.3 is 0 Å². The van der Waals surface area contributed by atoms with Crippen molar-refractivity contribution in [1.29, 1.82) is 0 Å². The van der Waals surface area contributed by atoms with Gasteiger partial charge in [-0.05, 0) is 24.8 Å². The van der Waals surface area contributed by atoms with Gasteiger partial charge in [-0.15, -0.1) is 0 Å². The molecule has 0 aliphatic heterocycles. The standard InChI is InChI=1S/C14H23NO/c1-4-14(16)10-15-12(3)11(2)13-8-6-5-7-9-13/h5-9,11-12,14-16H,4,10H2,1-3H3/t11?,12?,14-/m1/s1. The minimum absolute atomic E-state index is 0.231. The van der Waals surface area contributed by atoms with E-state index in [0.29, 0.717) is 18.5 Å². The lowest BCUT2D eigenvalue weighted by Crippen LogP contribution is -2.36. The molecule has 0 saturated heterocycles. The summed E-state index contributed by atoms with van der Waals surface area (Å²) >= 11 is 0. The molecular weight excluding hydrogens is 198 g/mol. The number of aliphatic hydroxyl groups is 1. The van der Waals surface area contributed by atoms with Crippen molar-refractivity contribution in [3.05, 3.63) is 35.9 Å². The van der Waals surface area contributed by atoms with Crippen LogP contribution < -0.4 is 5.32 Å². The fraction of sp³-hybridized carbons (Fsp3) is 0.571. The number of aliphatic hydroxyl groups excluding tert-OH is 1. The molecule has 90 valence electrons. The van der Waals surface area contributed by atoms with Crippen LogP contribution in [0.4, 0.5) is 0 Å². The van der Waals surface area contributed by atoms with Crippen LogP contribution in [0.15, 0.2) is 30.3 Å². The molecule has 2 unspecified atom stereocenters. The second-order valence-electron chi connectivity index (χ2n) is 4.46. The van der Waals surface area contributed by atoms with E-state index < -0.39 is 0 Å². The highest BCUT2D eigenvalue weighted by Gasteiger charge is 2.14. The van der Waals surface area contributed by atoms with Crippen molar-refractivity contribution in [3.8, 4) is 0 Å². The van der Waals surface area contributed by atoms with Crippen LogP contribution in [-0.4, -0.2) is 23.8 Å². The summed E-state index contributed by atoms with van der Waals surface area (Å²) < 4.78 is 0. The van der Waals surface area contributed by atoms with Gasteiger partial charge in [0.05, 0.1) is 6.10 Å². The molecule has 0 radical (unpaired) electrons. The van der Waals surface area contributed by atoms with Crippen molar-refractivity contribution in [2.75, 3.05) is 6.54 Å². The summed E-state index contributed by atoms with van der Waals surface area (Å²) in [7, 11) is 0. The number of benzene rings is 1. The lowest BCUT2D eigenvalue weighted by Gasteiger charge is -2.23. The summed E-state index contributed by atoms with van der Waals surface area (Å²) in [5, 5.41) is 12.9. The zero-order valence-electron chi connectivity index (χ0n) is 10.5. The Kier molecular flexibility index (Phi) is 5.50. The van der Waals surface area contributed by atoms with E-state index in [1.54, 1.807) is 0 Å².